The van der Waals surface area contributed by atoms with Crippen molar-refractivity contribution in [2.24, 2.45) is 0 Å². The van der Waals surface area contributed by atoms with Crippen molar-refractivity contribution in [1.82, 2.24) is 0 Å². The van der Waals surface area contributed by atoms with Crippen molar-refractivity contribution in [1.29, 1.82) is 0 Å². The van der Waals surface area contributed by atoms with E-state index in [1.165, 1.54) is 0 Å². The lowest BCUT2D eigenvalue weighted by atomic mass is 10.0. The van der Waals surface area contributed by atoms with Gasteiger partial charge >= 0.3 is 0 Å². The number of ether oxygens (including phenoxy) is 1. The maximum atomic E-state index is 10.3. The van der Waals surface area contributed by atoms with Crippen molar-refractivity contribution in [2.75, 3.05) is 7.11 Å². The van der Waals surface area contributed by atoms with Crippen molar-refractivity contribution >= 4 is 27.5 Å². The van der Waals surface area contributed by atoms with Gasteiger partial charge in [0.05, 0.1) is 17.7 Å². The van der Waals surface area contributed by atoms with E-state index in [9.17, 15) is 5.11 Å². The molecule has 0 heterocycles. The molecule has 4 heteroatoms. The minimum Gasteiger partial charge on any atom is -0.496 e. The van der Waals surface area contributed by atoms with Gasteiger partial charge in [-0.1, -0.05) is 29.8 Å². The lowest BCUT2D eigenvalue weighted by Gasteiger charge is -2.14. The van der Waals surface area contributed by atoms with Gasteiger partial charge in [0.15, 0.2) is 0 Å². The monoisotopic (exact) mass is 354 g/mol. The second kappa shape index (κ2) is 6.61. The van der Waals surface area contributed by atoms with Gasteiger partial charge in [-0.3, -0.25) is 0 Å². The van der Waals surface area contributed by atoms with Crippen LogP contribution in [0.15, 0.2) is 40.9 Å². The van der Waals surface area contributed by atoms with Crippen molar-refractivity contribution in [3.63, 3.8) is 0 Å². The third kappa shape index (κ3) is 3.54. The summed E-state index contributed by atoms with van der Waals surface area (Å²) in [5, 5.41) is 11.0. The zero-order chi connectivity index (χ0) is 14.7. The first-order valence-electron chi connectivity index (χ1n) is 6.28. The SMILES string of the molecule is COc1ccc(C(O)Cc2ccc(C)cc2Cl)cc1Br. The van der Waals surface area contributed by atoms with Crippen LogP contribution in [0.3, 0.4) is 0 Å². The fourth-order valence-corrected chi connectivity index (χ4v) is 2.90. The molecule has 0 spiro atoms. The van der Waals surface area contributed by atoms with Crippen LogP contribution in [0.25, 0.3) is 0 Å². The molecule has 0 amide bonds. The van der Waals surface area contributed by atoms with Crippen molar-refractivity contribution < 1.29 is 9.84 Å². The lowest BCUT2D eigenvalue weighted by Crippen LogP contribution is -2.03. The largest absolute Gasteiger partial charge is 0.496 e. The van der Waals surface area contributed by atoms with Crippen LogP contribution < -0.4 is 4.74 Å². The first-order valence-corrected chi connectivity index (χ1v) is 7.45. The van der Waals surface area contributed by atoms with Gasteiger partial charge in [-0.15, -0.1) is 0 Å². The molecule has 0 aliphatic rings. The van der Waals surface area contributed by atoms with E-state index < -0.39 is 6.10 Å². The average Bonchev–Trinajstić information content (AvgIpc) is 2.41. The third-order valence-electron chi connectivity index (χ3n) is 3.18. The molecule has 106 valence electrons. The Morgan fingerprint density at radius 1 is 1.25 bits per heavy atom. The van der Waals surface area contributed by atoms with Gasteiger partial charge in [0.25, 0.3) is 0 Å². The number of aliphatic hydroxyl groups is 1. The van der Waals surface area contributed by atoms with E-state index in [0.29, 0.717) is 11.4 Å². The Labute approximate surface area is 132 Å². The van der Waals surface area contributed by atoms with E-state index in [-0.39, 0.29) is 0 Å². The molecule has 20 heavy (non-hydrogen) atoms. The van der Waals surface area contributed by atoms with E-state index >= 15 is 0 Å². The zero-order valence-corrected chi connectivity index (χ0v) is 13.7. The van der Waals surface area contributed by atoms with Gasteiger partial charge < -0.3 is 9.84 Å². The molecule has 0 saturated heterocycles. The maximum Gasteiger partial charge on any atom is 0.133 e. The quantitative estimate of drug-likeness (QED) is 0.861. The summed E-state index contributed by atoms with van der Waals surface area (Å²) < 4.78 is 6.01. The minimum absolute atomic E-state index is 0.484. The van der Waals surface area contributed by atoms with Crippen LogP contribution in [0.4, 0.5) is 0 Å². The molecule has 0 aliphatic heterocycles. The Kier molecular flexibility index (Phi) is 5.08. The summed E-state index contributed by atoms with van der Waals surface area (Å²) in [4.78, 5) is 0. The van der Waals surface area contributed by atoms with Crippen LogP contribution in [0.2, 0.25) is 5.02 Å². The van der Waals surface area contributed by atoms with Crippen molar-refractivity contribution in [3.05, 3.63) is 62.6 Å². The van der Waals surface area contributed by atoms with Crippen LogP contribution >= 0.6 is 27.5 Å². The van der Waals surface area contributed by atoms with Crippen LogP contribution in [0, 0.1) is 6.92 Å². The van der Waals surface area contributed by atoms with E-state index in [1.54, 1.807) is 7.11 Å². The van der Waals surface area contributed by atoms with Crippen LogP contribution in [0.1, 0.15) is 22.8 Å². The number of halogens is 2. The van der Waals surface area contributed by atoms with E-state index in [2.05, 4.69) is 15.9 Å². The summed E-state index contributed by atoms with van der Waals surface area (Å²) in [6, 6.07) is 11.4. The summed E-state index contributed by atoms with van der Waals surface area (Å²) >= 11 is 9.62. The summed E-state index contributed by atoms with van der Waals surface area (Å²) in [6.45, 7) is 1.99. The first kappa shape index (κ1) is 15.4. The van der Waals surface area contributed by atoms with E-state index in [1.807, 2.05) is 43.3 Å². The predicted octanol–water partition coefficient (Wildman–Crippen LogP) is 4.70. The number of aliphatic hydroxyl groups excluding tert-OH is 1. The Balaban J connectivity index is 2.19. The van der Waals surface area contributed by atoms with Crippen LogP contribution in [-0.2, 0) is 6.42 Å². The molecule has 2 rings (SSSR count). The molecular weight excluding hydrogens is 340 g/mol. The number of methoxy groups -OCH3 is 1. The van der Waals surface area contributed by atoms with Crippen LogP contribution in [0.5, 0.6) is 5.75 Å². The molecule has 1 atom stereocenters. The number of hydrogen-bond donors (Lipinski definition) is 1. The van der Waals surface area contributed by atoms with Gasteiger partial charge in [-0.25, -0.2) is 0 Å². The molecule has 2 aromatic rings. The predicted molar refractivity (Wildman–Crippen MR) is 85.5 cm³/mol. The zero-order valence-electron chi connectivity index (χ0n) is 11.4. The third-order valence-corrected chi connectivity index (χ3v) is 4.15. The van der Waals surface area contributed by atoms with Crippen LogP contribution in [-0.4, -0.2) is 12.2 Å². The standard InChI is InChI=1S/C16H16BrClO2/c1-10-3-4-11(14(18)7-10)9-15(19)12-5-6-16(20-2)13(17)8-12/h3-8,15,19H,9H2,1-2H3. The van der Waals surface area contributed by atoms with Gasteiger partial charge in [0.1, 0.15) is 5.75 Å². The molecule has 0 saturated carbocycles. The van der Waals surface area contributed by atoms with E-state index in [0.717, 1.165) is 26.9 Å². The average molecular weight is 356 g/mol. The van der Waals surface area contributed by atoms with Gasteiger partial charge in [-0.05, 0) is 57.7 Å². The molecule has 2 aromatic carbocycles. The Bertz CT molecular complexity index is 613. The van der Waals surface area contributed by atoms with Crippen molar-refractivity contribution in [2.45, 2.75) is 19.4 Å². The molecule has 2 nitrogen and oxygen atoms in total. The minimum atomic E-state index is -0.600. The Morgan fingerprint density at radius 3 is 2.60 bits per heavy atom. The summed E-state index contributed by atoms with van der Waals surface area (Å²) in [6.07, 6.45) is -0.116. The van der Waals surface area contributed by atoms with Gasteiger partial charge in [0, 0.05) is 11.4 Å². The van der Waals surface area contributed by atoms with Crippen molar-refractivity contribution in [3.8, 4) is 5.75 Å². The molecule has 1 unspecified atom stereocenters. The molecule has 1 N–H and O–H groups in total. The summed E-state index contributed by atoms with van der Waals surface area (Å²) in [5.74, 6) is 0.745. The fraction of sp³-hybridized carbons (Fsp3) is 0.250. The fourth-order valence-electron chi connectivity index (χ4n) is 2.03. The second-order valence-corrected chi connectivity index (χ2v) is 5.97. The highest BCUT2D eigenvalue weighted by molar-refractivity contribution is 9.10. The Morgan fingerprint density at radius 2 is 2.00 bits per heavy atom. The second-order valence-electron chi connectivity index (χ2n) is 4.71. The summed E-state index contributed by atoms with van der Waals surface area (Å²) in [5.41, 5.74) is 2.88. The van der Waals surface area contributed by atoms with Gasteiger partial charge in [-0.2, -0.15) is 0 Å². The number of benzene rings is 2. The highest BCUT2D eigenvalue weighted by Gasteiger charge is 2.13. The number of rotatable bonds is 4. The topological polar surface area (TPSA) is 29.5 Å². The maximum absolute atomic E-state index is 10.3. The van der Waals surface area contributed by atoms with E-state index in [4.69, 9.17) is 16.3 Å². The molecule has 0 aliphatic carbocycles. The smallest absolute Gasteiger partial charge is 0.133 e. The number of hydrogen-bond acceptors (Lipinski definition) is 2. The molecular formula is C16H16BrClO2. The summed E-state index contributed by atoms with van der Waals surface area (Å²) in [7, 11) is 1.61. The molecule has 0 bridgehead atoms. The lowest BCUT2D eigenvalue weighted by molar-refractivity contribution is 0.178. The molecule has 0 radical (unpaired) electrons. The first-order chi connectivity index (χ1) is 9.51. The highest BCUT2D eigenvalue weighted by atomic mass is 79.9. The molecule has 0 aromatic heterocycles. The molecule has 0 fully saturated rings. The Hall–Kier alpha value is -1.03. The number of aryl methyl sites for hydroxylation is 1. The van der Waals surface area contributed by atoms with Gasteiger partial charge in [0.2, 0.25) is 0 Å². The highest BCUT2D eigenvalue weighted by Crippen LogP contribution is 2.30. The normalized spacial score (nSPS) is 12.2.